The summed E-state index contributed by atoms with van der Waals surface area (Å²) in [7, 11) is 1.86. The lowest BCUT2D eigenvalue weighted by Crippen LogP contribution is -2.36. The molecule has 1 aromatic heterocycles. The minimum Gasteiger partial charge on any atom is -0.325 e. The molecular weight excluding hydrogens is 254 g/mol. The van der Waals surface area contributed by atoms with Crippen molar-refractivity contribution in [3.63, 3.8) is 0 Å². The number of carbonyl (C=O) groups excluding carboxylic acids is 1. The molecule has 20 heavy (non-hydrogen) atoms. The predicted molar refractivity (Wildman–Crippen MR) is 78.0 cm³/mol. The number of benzene rings is 1. The summed E-state index contributed by atoms with van der Waals surface area (Å²) in [4.78, 5) is 12.0. The first-order chi connectivity index (χ1) is 9.37. The Bertz CT molecular complexity index is 612. The second kappa shape index (κ2) is 5.42. The Labute approximate surface area is 118 Å². The van der Waals surface area contributed by atoms with Crippen molar-refractivity contribution in [1.29, 1.82) is 0 Å². The fraction of sp³-hybridized carbons (Fsp3) is 0.357. The lowest BCUT2D eigenvalue weighted by atomic mass is 10.0. The maximum atomic E-state index is 12.0. The molecule has 0 atom stereocenters. The molecule has 0 saturated heterocycles. The zero-order valence-corrected chi connectivity index (χ0v) is 11.9. The lowest BCUT2D eigenvalue weighted by molar-refractivity contribution is -0.117. The average Bonchev–Trinajstić information content (AvgIpc) is 2.73. The highest BCUT2D eigenvalue weighted by Crippen LogP contribution is 2.25. The van der Waals surface area contributed by atoms with Crippen molar-refractivity contribution in [2.24, 2.45) is 12.8 Å². The van der Waals surface area contributed by atoms with E-state index in [0.29, 0.717) is 11.5 Å². The van der Waals surface area contributed by atoms with Gasteiger partial charge in [-0.25, -0.2) is 0 Å². The largest absolute Gasteiger partial charge is 0.325 e. The number of carbonyl (C=O) groups is 1. The third kappa shape index (κ3) is 3.42. The van der Waals surface area contributed by atoms with Gasteiger partial charge in [0.05, 0.1) is 5.69 Å². The summed E-state index contributed by atoms with van der Waals surface area (Å²) in [5.74, 6) is 0.583. The van der Waals surface area contributed by atoms with Gasteiger partial charge in [-0.2, -0.15) is 0 Å². The molecule has 6 nitrogen and oxygen atoms in total. The summed E-state index contributed by atoms with van der Waals surface area (Å²) >= 11 is 0. The molecule has 0 spiro atoms. The summed E-state index contributed by atoms with van der Waals surface area (Å²) < 4.78 is 1.80. The Kier molecular flexibility index (Phi) is 3.85. The van der Waals surface area contributed by atoms with E-state index in [-0.39, 0.29) is 12.3 Å². The molecule has 106 valence electrons. The van der Waals surface area contributed by atoms with Crippen LogP contribution in [-0.2, 0) is 11.8 Å². The van der Waals surface area contributed by atoms with E-state index in [2.05, 4.69) is 15.5 Å². The second-order valence-electron chi connectivity index (χ2n) is 5.52. The van der Waals surface area contributed by atoms with Crippen molar-refractivity contribution < 1.29 is 4.79 Å². The summed E-state index contributed by atoms with van der Waals surface area (Å²) in [5, 5.41) is 10.8. The third-order valence-corrected chi connectivity index (χ3v) is 2.77. The average molecular weight is 273 g/mol. The Morgan fingerprint density at radius 3 is 2.70 bits per heavy atom. The van der Waals surface area contributed by atoms with Crippen molar-refractivity contribution in [2.75, 3.05) is 5.32 Å². The van der Waals surface area contributed by atoms with E-state index in [4.69, 9.17) is 5.73 Å². The zero-order valence-electron chi connectivity index (χ0n) is 11.9. The molecule has 3 N–H and O–H groups in total. The van der Waals surface area contributed by atoms with Gasteiger partial charge in [0, 0.05) is 24.6 Å². The monoisotopic (exact) mass is 273 g/mol. The molecule has 0 unspecified atom stereocenters. The number of para-hydroxylation sites is 1. The van der Waals surface area contributed by atoms with Gasteiger partial charge in [-0.05, 0) is 26.0 Å². The van der Waals surface area contributed by atoms with Gasteiger partial charge in [0.2, 0.25) is 5.91 Å². The van der Waals surface area contributed by atoms with Crippen molar-refractivity contribution in [1.82, 2.24) is 14.8 Å². The molecule has 1 amide bonds. The molecule has 0 saturated carbocycles. The molecule has 0 radical (unpaired) electrons. The van der Waals surface area contributed by atoms with Crippen molar-refractivity contribution in [2.45, 2.75) is 25.8 Å². The molecule has 2 rings (SSSR count). The van der Waals surface area contributed by atoms with E-state index in [0.717, 1.165) is 5.56 Å². The first kappa shape index (κ1) is 14.2. The van der Waals surface area contributed by atoms with E-state index in [1.165, 1.54) is 0 Å². The normalized spacial score (nSPS) is 11.4. The number of hydrogen-bond acceptors (Lipinski definition) is 4. The number of amides is 1. The molecule has 0 aliphatic rings. The SMILES string of the molecule is Cn1cnnc1-c1ccccc1NC(=O)CC(C)(C)N. The topological polar surface area (TPSA) is 85.8 Å². The van der Waals surface area contributed by atoms with Crippen LogP contribution in [0.4, 0.5) is 5.69 Å². The highest BCUT2D eigenvalue weighted by atomic mass is 16.1. The van der Waals surface area contributed by atoms with E-state index in [1.807, 2.05) is 45.2 Å². The van der Waals surface area contributed by atoms with Gasteiger partial charge < -0.3 is 15.6 Å². The number of aromatic nitrogens is 3. The van der Waals surface area contributed by atoms with Gasteiger partial charge >= 0.3 is 0 Å². The molecule has 0 aliphatic carbocycles. The van der Waals surface area contributed by atoms with Crippen LogP contribution in [-0.4, -0.2) is 26.2 Å². The smallest absolute Gasteiger partial charge is 0.226 e. The summed E-state index contributed by atoms with van der Waals surface area (Å²) in [6.07, 6.45) is 1.87. The highest BCUT2D eigenvalue weighted by Gasteiger charge is 2.18. The number of aryl methyl sites for hydroxylation is 1. The van der Waals surface area contributed by atoms with Gasteiger partial charge in [-0.3, -0.25) is 4.79 Å². The molecule has 1 heterocycles. The molecule has 2 aromatic rings. The molecular formula is C14H19N5O. The Morgan fingerprint density at radius 2 is 2.10 bits per heavy atom. The van der Waals surface area contributed by atoms with E-state index in [1.54, 1.807) is 10.9 Å². The minimum atomic E-state index is -0.538. The third-order valence-electron chi connectivity index (χ3n) is 2.77. The highest BCUT2D eigenvalue weighted by molar-refractivity contribution is 5.95. The Hall–Kier alpha value is -2.21. The number of hydrogen-bond donors (Lipinski definition) is 2. The standard InChI is InChI=1S/C14H19N5O/c1-14(2,15)8-12(20)17-11-7-5-4-6-10(11)13-18-16-9-19(13)3/h4-7,9H,8,15H2,1-3H3,(H,17,20). The summed E-state index contributed by atoms with van der Waals surface area (Å²) in [5.41, 5.74) is 6.86. The zero-order chi connectivity index (χ0) is 14.8. The quantitative estimate of drug-likeness (QED) is 0.885. The van der Waals surface area contributed by atoms with Gasteiger partial charge in [0.15, 0.2) is 5.82 Å². The van der Waals surface area contributed by atoms with Crippen LogP contribution in [0.2, 0.25) is 0 Å². The Balaban J connectivity index is 2.26. The maximum Gasteiger partial charge on any atom is 0.226 e. The van der Waals surface area contributed by atoms with E-state index in [9.17, 15) is 4.79 Å². The Morgan fingerprint density at radius 1 is 1.40 bits per heavy atom. The van der Waals surface area contributed by atoms with Crippen LogP contribution in [0.25, 0.3) is 11.4 Å². The first-order valence-electron chi connectivity index (χ1n) is 6.39. The fourth-order valence-electron chi connectivity index (χ4n) is 1.92. The summed E-state index contributed by atoms with van der Waals surface area (Å²) in [6.45, 7) is 3.64. The van der Waals surface area contributed by atoms with Crippen LogP contribution in [0.1, 0.15) is 20.3 Å². The molecule has 6 heteroatoms. The van der Waals surface area contributed by atoms with Crippen LogP contribution in [0.5, 0.6) is 0 Å². The minimum absolute atomic E-state index is 0.118. The summed E-state index contributed by atoms with van der Waals surface area (Å²) in [6, 6.07) is 7.49. The number of anilines is 1. The van der Waals surface area contributed by atoms with Crippen LogP contribution in [0.3, 0.4) is 0 Å². The number of nitrogens with two attached hydrogens (primary N) is 1. The van der Waals surface area contributed by atoms with Crippen LogP contribution >= 0.6 is 0 Å². The van der Waals surface area contributed by atoms with Crippen LogP contribution in [0.15, 0.2) is 30.6 Å². The first-order valence-corrected chi connectivity index (χ1v) is 6.39. The van der Waals surface area contributed by atoms with E-state index >= 15 is 0 Å². The number of nitrogens with one attached hydrogen (secondary N) is 1. The predicted octanol–water partition coefficient (Wildman–Crippen LogP) is 1.55. The number of nitrogens with zero attached hydrogens (tertiary/aromatic N) is 3. The molecule has 1 aromatic carbocycles. The number of rotatable bonds is 4. The molecule has 0 bridgehead atoms. The lowest BCUT2D eigenvalue weighted by Gasteiger charge is -2.18. The second-order valence-corrected chi connectivity index (χ2v) is 5.52. The maximum absolute atomic E-state index is 12.0. The van der Waals surface area contributed by atoms with Gasteiger partial charge in [-0.1, -0.05) is 12.1 Å². The van der Waals surface area contributed by atoms with Gasteiger partial charge in [0.25, 0.3) is 0 Å². The molecule has 0 fully saturated rings. The van der Waals surface area contributed by atoms with Crippen molar-refractivity contribution in [3.05, 3.63) is 30.6 Å². The van der Waals surface area contributed by atoms with Crippen LogP contribution < -0.4 is 11.1 Å². The molecule has 0 aliphatic heterocycles. The van der Waals surface area contributed by atoms with Crippen molar-refractivity contribution in [3.8, 4) is 11.4 Å². The fourth-order valence-corrected chi connectivity index (χ4v) is 1.92. The van der Waals surface area contributed by atoms with Gasteiger partial charge in [0.1, 0.15) is 6.33 Å². The van der Waals surface area contributed by atoms with Crippen LogP contribution in [0, 0.1) is 0 Å². The van der Waals surface area contributed by atoms with Gasteiger partial charge in [-0.15, -0.1) is 10.2 Å². The van der Waals surface area contributed by atoms with Crippen molar-refractivity contribution >= 4 is 11.6 Å². The van der Waals surface area contributed by atoms with E-state index < -0.39 is 5.54 Å².